The van der Waals surface area contributed by atoms with Crippen LogP contribution in [0.2, 0.25) is 0 Å². The van der Waals surface area contributed by atoms with Crippen molar-refractivity contribution in [3.05, 3.63) is 46.5 Å². The van der Waals surface area contributed by atoms with Crippen molar-refractivity contribution in [2.24, 2.45) is 0 Å². The number of aryl methyl sites for hydroxylation is 2. The monoisotopic (exact) mass is 329 g/mol. The first-order chi connectivity index (χ1) is 11.2. The van der Waals surface area contributed by atoms with E-state index in [2.05, 4.69) is 10.1 Å². The Hall–Kier alpha value is -1.92. The van der Waals surface area contributed by atoms with Crippen LogP contribution in [0.3, 0.4) is 0 Å². The summed E-state index contributed by atoms with van der Waals surface area (Å²) in [6.07, 6.45) is 2.28. The minimum Gasteiger partial charge on any atom is -0.440 e. The molecule has 4 rings (SSSR count). The summed E-state index contributed by atoms with van der Waals surface area (Å²) in [5, 5.41) is 6.24. The summed E-state index contributed by atoms with van der Waals surface area (Å²) < 4.78 is 11.1. The van der Waals surface area contributed by atoms with E-state index in [1.807, 2.05) is 37.4 Å². The van der Waals surface area contributed by atoms with E-state index in [0.717, 1.165) is 53.2 Å². The van der Waals surface area contributed by atoms with Gasteiger partial charge in [0.05, 0.1) is 16.6 Å². The predicted octanol–water partition coefficient (Wildman–Crippen LogP) is 4.35. The lowest BCUT2D eigenvalue weighted by Gasteiger charge is -2.21. The van der Waals surface area contributed by atoms with Crippen molar-refractivity contribution < 1.29 is 8.94 Å². The second-order valence-corrected chi connectivity index (χ2v) is 6.94. The molecule has 0 radical (unpaired) electrons. The molecule has 0 aliphatic carbocycles. The first-order valence-corrected chi connectivity index (χ1v) is 8.76. The van der Waals surface area contributed by atoms with Crippen molar-refractivity contribution in [3.8, 4) is 10.8 Å². The lowest BCUT2D eigenvalue weighted by atomic mass is 10.1. The van der Waals surface area contributed by atoms with Crippen molar-refractivity contribution in [2.45, 2.75) is 39.3 Å². The van der Waals surface area contributed by atoms with Crippen molar-refractivity contribution in [1.29, 1.82) is 0 Å². The number of thiophene rings is 1. The Balaban J connectivity index is 1.55. The van der Waals surface area contributed by atoms with Crippen molar-refractivity contribution in [2.75, 3.05) is 6.54 Å². The van der Waals surface area contributed by atoms with Gasteiger partial charge in [-0.2, -0.15) is 0 Å². The van der Waals surface area contributed by atoms with Crippen molar-refractivity contribution in [3.63, 3.8) is 0 Å². The molecule has 1 fully saturated rings. The molecular weight excluding hydrogens is 310 g/mol. The third-order valence-electron chi connectivity index (χ3n) is 4.33. The van der Waals surface area contributed by atoms with Gasteiger partial charge in [-0.05, 0) is 44.7 Å². The van der Waals surface area contributed by atoms with Gasteiger partial charge < -0.3 is 8.94 Å². The van der Waals surface area contributed by atoms with Gasteiger partial charge in [0.2, 0.25) is 5.89 Å². The first-order valence-electron chi connectivity index (χ1n) is 7.88. The molecule has 4 heterocycles. The van der Waals surface area contributed by atoms with Gasteiger partial charge in [0.15, 0.2) is 0 Å². The molecule has 3 aromatic heterocycles. The molecular formula is C17H19N3O2S. The first kappa shape index (κ1) is 14.7. The van der Waals surface area contributed by atoms with Gasteiger partial charge in [-0.25, -0.2) is 4.98 Å². The average molecular weight is 329 g/mol. The molecule has 0 bridgehead atoms. The molecule has 1 saturated heterocycles. The van der Waals surface area contributed by atoms with Crippen LogP contribution >= 0.6 is 11.3 Å². The van der Waals surface area contributed by atoms with E-state index in [9.17, 15) is 0 Å². The van der Waals surface area contributed by atoms with E-state index in [1.54, 1.807) is 11.3 Å². The van der Waals surface area contributed by atoms with E-state index in [-0.39, 0.29) is 0 Å². The summed E-state index contributed by atoms with van der Waals surface area (Å²) in [6, 6.07) is 6.41. The van der Waals surface area contributed by atoms with Gasteiger partial charge >= 0.3 is 0 Å². The molecule has 1 aliphatic heterocycles. The molecule has 3 aromatic rings. The maximum Gasteiger partial charge on any atom is 0.236 e. The minimum atomic E-state index is 0.314. The molecule has 0 N–H and O–H groups in total. The maximum absolute atomic E-state index is 5.85. The van der Waals surface area contributed by atoms with Crippen LogP contribution in [-0.4, -0.2) is 21.6 Å². The zero-order valence-corrected chi connectivity index (χ0v) is 14.1. The van der Waals surface area contributed by atoms with Gasteiger partial charge in [-0.15, -0.1) is 11.3 Å². The second kappa shape index (κ2) is 5.94. The van der Waals surface area contributed by atoms with Crippen LogP contribution in [0.15, 0.2) is 32.5 Å². The summed E-state index contributed by atoms with van der Waals surface area (Å²) in [5.41, 5.74) is 2.04. The molecule has 23 heavy (non-hydrogen) atoms. The predicted molar refractivity (Wildman–Crippen MR) is 88.2 cm³/mol. The fraction of sp³-hybridized carbons (Fsp3) is 0.412. The Kier molecular flexibility index (Phi) is 3.79. The van der Waals surface area contributed by atoms with E-state index in [1.165, 1.54) is 6.42 Å². The number of oxazole rings is 1. The fourth-order valence-corrected chi connectivity index (χ4v) is 3.81. The quantitative estimate of drug-likeness (QED) is 0.712. The van der Waals surface area contributed by atoms with Crippen LogP contribution in [0, 0.1) is 13.8 Å². The number of aromatic nitrogens is 2. The number of nitrogens with zero attached hydrogens (tertiary/aromatic N) is 3. The third kappa shape index (κ3) is 2.84. The number of likely N-dealkylation sites (tertiary alicyclic amines) is 1. The van der Waals surface area contributed by atoms with E-state index in [4.69, 9.17) is 13.9 Å². The largest absolute Gasteiger partial charge is 0.440 e. The zero-order valence-electron chi connectivity index (χ0n) is 13.3. The lowest BCUT2D eigenvalue weighted by molar-refractivity contribution is 0.233. The highest BCUT2D eigenvalue weighted by molar-refractivity contribution is 7.13. The maximum atomic E-state index is 5.85. The number of rotatable bonds is 4. The van der Waals surface area contributed by atoms with Crippen molar-refractivity contribution >= 4 is 11.3 Å². The average Bonchev–Trinajstić information content (AvgIpc) is 3.28. The normalized spacial score (nSPS) is 18.8. The Labute approximate surface area is 138 Å². The highest BCUT2D eigenvalue weighted by atomic mass is 32.1. The van der Waals surface area contributed by atoms with Gasteiger partial charge in [0.25, 0.3) is 0 Å². The molecule has 0 aromatic carbocycles. The van der Waals surface area contributed by atoms with E-state index >= 15 is 0 Å². The molecule has 0 spiro atoms. The highest BCUT2D eigenvalue weighted by Gasteiger charge is 2.29. The van der Waals surface area contributed by atoms with Crippen LogP contribution in [-0.2, 0) is 6.54 Å². The summed E-state index contributed by atoms with van der Waals surface area (Å²) in [7, 11) is 0. The Morgan fingerprint density at radius 3 is 3.04 bits per heavy atom. The Morgan fingerprint density at radius 1 is 1.39 bits per heavy atom. The zero-order chi connectivity index (χ0) is 15.8. The minimum absolute atomic E-state index is 0.314. The summed E-state index contributed by atoms with van der Waals surface area (Å²) >= 11 is 1.65. The fourth-order valence-electron chi connectivity index (χ4n) is 3.17. The Morgan fingerprint density at radius 2 is 2.30 bits per heavy atom. The SMILES string of the molecule is Cc1cc(C2CCCN2Cc2nc(-c3cccs3)oc2C)no1. The number of hydrogen-bond donors (Lipinski definition) is 0. The van der Waals surface area contributed by atoms with Gasteiger partial charge in [-0.3, -0.25) is 4.90 Å². The third-order valence-corrected chi connectivity index (χ3v) is 5.19. The van der Waals surface area contributed by atoms with Crippen LogP contribution in [0.5, 0.6) is 0 Å². The molecule has 1 aliphatic rings. The molecule has 120 valence electrons. The molecule has 0 amide bonds. The molecule has 0 saturated carbocycles. The van der Waals surface area contributed by atoms with E-state index < -0.39 is 0 Å². The topological polar surface area (TPSA) is 55.3 Å². The molecule has 1 unspecified atom stereocenters. The van der Waals surface area contributed by atoms with Gasteiger partial charge in [0, 0.05) is 12.6 Å². The van der Waals surface area contributed by atoms with Crippen molar-refractivity contribution in [1.82, 2.24) is 15.0 Å². The summed E-state index contributed by atoms with van der Waals surface area (Å²) in [5.74, 6) is 2.49. The Bertz CT molecular complexity index is 791. The van der Waals surface area contributed by atoms with Crippen LogP contribution in [0.1, 0.15) is 41.8 Å². The smallest absolute Gasteiger partial charge is 0.236 e. The molecule has 1 atom stereocenters. The molecule has 6 heteroatoms. The highest BCUT2D eigenvalue weighted by Crippen LogP contribution is 2.34. The lowest BCUT2D eigenvalue weighted by Crippen LogP contribution is -2.23. The second-order valence-electron chi connectivity index (χ2n) is 5.99. The molecule has 5 nitrogen and oxygen atoms in total. The van der Waals surface area contributed by atoms with E-state index in [0.29, 0.717) is 6.04 Å². The van der Waals surface area contributed by atoms with Gasteiger partial charge in [-0.1, -0.05) is 11.2 Å². The van der Waals surface area contributed by atoms with Crippen LogP contribution in [0.25, 0.3) is 10.8 Å². The standard InChI is InChI=1S/C17H19N3O2S/c1-11-9-13(19-22-11)15-5-3-7-20(15)10-14-12(2)21-17(18-14)16-6-4-8-23-16/h4,6,8-9,15H,3,5,7,10H2,1-2H3. The van der Waals surface area contributed by atoms with Crippen LogP contribution < -0.4 is 0 Å². The summed E-state index contributed by atoms with van der Waals surface area (Å²) in [4.78, 5) is 8.20. The van der Waals surface area contributed by atoms with Gasteiger partial charge in [0.1, 0.15) is 17.2 Å². The van der Waals surface area contributed by atoms with Crippen LogP contribution in [0.4, 0.5) is 0 Å². The summed E-state index contributed by atoms with van der Waals surface area (Å²) in [6.45, 7) is 5.77. The number of hydrogen-bond acceptors (Lipinski definition) is 6.